The van der Waals surface area contributed by atoms with Gasteiger partial charge in [0.1, 0.15) is 0 Å². The maximum absolute atomic E-state index is 13.4. The molecular formula is C31H46F6O4. The minimum absolute atomic E-state index is 0.0150. The van der Waals surface area contributed by atoms with E-state index in [1.54, 1.807) is 0 Å². The van der Waals surface area contributed by atoms with E-state index in [0.29, 0.717) is 44.6 Å². The second-order valence-corrected chi connectivity index (χ2v) is 12.5. The molecule has 4 nitrogen and oxygen atoms in total. The predicted molar refractivity (Wildman–Crippen MR) is 145 cm³/mol. The summed E-state index contributed by atoms with van der Waals surface area (Å²) in [6.07, 6.45) is -5.73. The molecule has 0 aromatic rings. The highest BCUT2D eigenvalue weighted by atomic mass is 19.4. The molecule has 0 unspecified atom stereocenters. The minimum atomic E-state index is -6.04. The average molecular weight is 603 g/mol. The summed E-state index contributed by atoms with van der Waals surface area (Å²) in [6.45, 7) is -4.55. The lowest BCUT2D eigenvalue weighted by Gasteiger charge is -2.45. The fourth-order valence-corrected chi connectivity index (χ4v) is 7.45. The molecule has 0 aromatic heterocycles. The van der Waals surface area contributed by atoms with Crippen LogP contribution >= 0.6 is 0 Å². The number of aliphatic hydroxyl groups excluding tert-OH is 2. The second kappa shape index (κ2) is 12.7. The quantitative estimate of drug-likeness (QED) is 0.165. The van der Waals surface area contributed by atoms with Gasteiger partial charge in [-0.3, -0.25) is 0 Å². The summed E-state index contributed by atoms with van der Waals surface area (Å²) in [4.78, 5) is 0. The van der Waals surface area contributed by atoms with Crippen molar-refractivity contribution in [3.05, 3.63) is 35.5 Å². The van der Waals surface area contributed by atoms with Crippen LogP contribution in [-0.4, -0.2) is 56.2 Å². The Morgan fingerprint density at radius 3 is 2.22 bits per heavy atom. The first-order valence-electron chi connectivity index (χ1n) is 17.3. The van der Waals surface area contributed by atoms with Crippen LogP contribution in [0.5, 0.6) is 0 Å². The number of rotatable bonds is 9. The number of fused-ring (bicyclic) bond motifs is 1. The van der Waals surface area contributed by atoms with E-state index < -0.39 is 67.2 Å². The molecule has 0 aliphatic heterocycles. The van der Waals surface area contributed by atoms with Gasteiger partial charge < -0.3 is 20.4 Å². The number of hydrogen-bond donors (Lipinski definition) is 4. The fraction of sp³-hybridized carbons (Fsp3) is 0.806. The molecule has 0 radical (unpaired) electrons. The van der Waals surface area contributed by atoms with Crippen molar-refractivity contribution in [2.24, 2.45) is 23.2 Å². The maximum atomic E-state index is 13.4. The van der Waals surface area contributed by atoms with Crippen LogP contribution in [0.4, 0.5) is 26.3 Å². The van der Waals surface area contributed by atoms with Crippen LogP contribution < -0.4 is 0 Å². The highest BCUT2D eigenvalue weighted by Crippen LogP contribution is 2.60. The van der Waals surface area contributed by atoms with Gasteiger partial charge in [-0.05, 0) is 114 Å². The molecule has 0 bridgehead atoms. The van der Waals surface area contributed by atoms with Crippen molar-refractivity contribution in [3.8, 4) is 0 Å². The van der Waals surface area contributed by atoms with Crippen molar-refractivity contribution in [2.75, 3.05) is 0 Å². The zero-order valence-electron chi connectivity index (χ0n) is 29.2. The van der Waals surface area contributed by atoms with E-state index in [0.717, 1.165) is 24.0 Å². The van der Waals surface area contributed by atoms with Crippen molar-refractivity contribution in [1.29, 1.82) is 0 Å². The normalized spacial score (nSPS) is 34.8. The Morgan fingerprint density at radius 2 is 1.63 bits per heavy atom. The summed E-state index contributed by atoms with van der Waals surface area (Å²) < 4.78 is 126. The van der Waals surface area contributed by atoms with E-state index >= 15 is 0 Å². The maximum Gasteiger partial charge on any atom is 0.429 e. The zero-order chi connectivity index (χ0) is 35.9. The molecule has 236 valence electrons. The molecular weight excluding hydrogens is 550 g/mol. The van der Waals surface area contributed by atoms with E-state index in [2.05, 4.69) is 0 Å². The van der Waals surface area contributed by atoms with Gasteiger partial charge in [-0.2, -0.15) is 26.3 Å². The van der Waals surface area contributed by atoms with E-state index in [9.17, 15) is 46.8 Å². The fourth-order valence-electron chi connectivity index (χ4n) is 7.45. The van der Waals surface area contributed by atoms with Crippen LogP contribution in [0.3, 0.4) is 0 Å². The number of hydrogen-bond acceptors (Lipinski definition) is 4. The molecule has 10 heteroatoms. The number of aliphatic hydroxyl groups is 4. The highest BCUT2D eigenvalue weighted by molar-refractivity contribution is 5.26. The topological polar surface area (TPSA) is 80.9 Å². The van der Waals surface area contributed by atoms with Crippen LogP contribution in [0.1, 0.15) is 106 Å². The smallest absolute Gasteiger partial charge is 0.393 e. The second-order valence-electron chi connectivity index (χ2n) is 12.5. The molecule has 4 N–H and O–H groups in total. The molecule has 0 saturated heterocycles. The molecule has 3 fully saturated rings. The third-order valence-electron chi connectivity index (χ3n) is 9.46. The van der Waals surface area contributed by atoms with Gasteiger partial charge in [0, 0.05) is 8.22 Å². The molecule has 0 amide bonds. The van der Waals surface area contributed by atoms with Crippen LogP contribution in [0, 0.1) is 23.2 Å². The summed E-state index contributed by atoms with van der Waals surface area (Å²) in [6, 6.07) is 0. The molecule has 3 rings (SSSR count). The van der Waals surface area contributed by atoms with Crippen molar-refractivity contribution < 1.29 is 55.0 Å². The predicted octanol–water partition coefficient (Wildman–Crippen LogP) is 7.32. The SMILES string of the molecule is [2H]C([2H])([2H])C(O)(CCC[C@H](C/C=C/C(O)(C(F)(F)F)C(F)(F)F)[C@H]1CC[C@H]2/C(=C/C=C3C[C@@H](O)C[C@H](O)C3)CCC[C@]12C)C([2H])([2H])[2H]. The summed E-state index contributed by atoms with van der Waals surface area (Å²) in [7, 11) is 0. The Labute approximate surface area is 247 Å². The molecule has 0 spiro atoms. The summed E-state index contributed by atoms with van der Waals surface area (Å²) >= 11 is 0. The van der Waals surface area contributed by atoms with E-state index in [4.69, 9.17) is 8.22 Å². The van der Waals surface area contributed by atoms with E-state index in [-0.39, 0.29) is 37.2 Å². The lowest BCUT2D eigenvalue weighted by atomic mass is 9.60. The summed E-state index contributed by atoms with van der Waals surface area (Å²) in [5.74, 6) is -0.858. The number of alkyl halides is 6. The molecule has 3 aliphatic rings. The van der Waals surface area contributed by atoms with Crippen LogP contribution in [0.25, 0.3) is 0 Å². The van der Waals surface area contributed by atoms with Gasteiger partial charge in [0.2, 0.25) is 0 Å². The first-order valence-corrected chi connectivity index (χ1v) is 14.3. The average Bonchev–Trinajstić information content (AvgIpc) is 3.25. The summed E-state index contributed by atoms with van der Waals surface area (Å²) in [5, 5.41) is 40.5. The van der Waals surface area contributed by atoms with Crippen molar-refractivity contribution in [3.63, 3.8) is 0 Å². The Morgan fingerprint density at radius 1 is 1.00 bits per heavy atom. The molecule has 41 heavy (non-hydrogen) atoms. The largest absolute Gasteiger partial charge is 0.429 e. The van der Waals surface area contributed by atoms with Crippen LogP contribution in [-0.2, 0) is 0 Å². The van der Waals surface area contributed by atoms with Crippen molar-refractivity contribution in [1.82, 2.24) is 0 Å². The Bertz CT molecular complexity index is 1140. The van der Waals surface area contributed by atoms with E-state index in [1.165, 1.54) is 0 Å². The molecule has 0 aromatic carbocycles. The third-order valence-corrected chi connectivity index (χ3v) is 9.46. The van der Waals surface area contributed by atoms with Gasteiger partial charge in [0.15, 0.2) is 0 Å². The van der Waals surface area contributed by atoms with Crippen LogP contribution in [0.2, 0.25) is 0 Å². The Balaban J connectivity index is 1.93. The Kier molecular flexibility index (Phi) is 8.08. The standard InChI is InChI=1S/C31H46F6O4/c1-27(2,40)14-4-7-21(9-6-16-29(41,30(32,33)34)31(35,36)37)25-12-13-26-22(8-5-15-28(25,26)3)11-10-20-17-23(38)19-24(39)18-20/h6,10-11,16,21,23-26,38-41H,4-5,7-9,12-15,17-19H2,1-3H3/b16-6+,22-11+/t21-,23-,24-,25-,26+,28-/m1/s1/i1D3,2D3. The van der Waals surface area contributed by atoms with Gasteiger partial charge in [-0.25, -0.2) is 0 Å². The summed E-state index contributed by atoms with van der Waals surface area (Å²) in [5.41, 5.74) is -6.58. The van der Waals surface area contributed by atoms with E-state index in [1.807, 2.05) is 19.1 Å². The number of halogens is 6. The minimum Gasteiger partial charge on any atom is -0.393 e. The monoisotopic (exact) mass is 602 g/mol. The lowest BCUT2D eigenvalue weighted by molar-refractivity contribution is -0.347. The van der Waals surface area contributed by atoms with Crippen molar-refractivity contribution >= 4 is 0 Å². The molecule has 3 saturated carbocycles. The molecule has 6 atom stereocenters. The molecule has 0 heterocycles. The Hall–Kier alpha value is -1.36. The number of allylic oxidation sites excluding steroid dienone is 4. The van der Waals surface area contributed by atoms with Gasteiger partial charge in [0.05, 0.1) is 17.8 Å². The van der Waals surface area contributed by atoms with Gasteiger partial charge >= 0.3 is 12.4 Å². The first-order chi connectivity index (χ1) is 21.3. The van der Waals surface area contributed by atoms with Gasteiger partial charge in [0.25, 0.3) is 5.60 Å². The third kappa shape index (κ3) is 8.18. The zero-order valence-corrected chi connectivity index (χ0v) is 23.2. The molecule has 3 aliphatic carbocycles. The van der Waals surface area contributed by atoms with Crippen molar-refractivity contribution in [2.45, 2.75) is 133 Å². The van der Waals surface area contributed by atoms with Gasteiger partial charge in [-0.1, -0.05) is 42.7 Å². The van der Waals surface area contributed by atoms with Crippen LogP contribution in [0.15, 0.2) is 35.5 Å². The lowest BCUT2D eigenvalue weighted by Crippen LogP contribution is -2.55. The highest BCUT2D eigenvalue weighted by Gasteiger charge is 2.69. The first kappa shape index (κ1) is 26.1. The van der Waals surface area contributed by atoms with Gasteiger partial charge in [-0.15, -0.1) is 0 Å².